The van der Waals surface area contributed by atoms with Crippen LogP contribution in [-0.2, 0) is 4.79 Å². The van der Waals surface area contributed by atoms with Crippen LogP contribution in [0.5, 0.6) is 23.0 Å². The van der Waals surface area contributed by atoms with Crippen LogP contribution in [0.1, 0.15) is 22.8 Å². The van der Waals surface area contributed by atoms with Crippen LogP contribution < -0.4 is 24.4 Å². The summed E-state index contributed by atoms with van der Waals surface area (Å²) in [4.78, 5) is 24.8. The number of hydrazone groups is 1. The van der Waals surface area contributed by atoms with E-state index in [-0.39, 0.29) is 12.4 Å². The van der Waals surface area contributed by atoms with Crippen LogP contribution in [0.15, 0.2) is 90.0 Å². The summed E-state index contributed by atoms with van der Waals surface area (Å²) in [5, 5.41) is 5.95. The molecule has 0 unspecified atom stereocenters. The number of carbonyl (C=O) groups is 2. The van der Waals surface area contributed by atoms with Crippen molar-refractivity contribution in [3.8, 4) is 23.0 Å². The molecular weight excluding hydrogens is 472 g/mol. The van der Waals surface area contributed by atoms with Crippen molar-refractivity contribution >= 4 is 28.9 Å². The number of carbonyl (C=O) groups excluding carboxylic acids is 2. The molecular formula is C29H26N2O6. The minimum absolute atomic E-state index is 0.185. The zero-order valence-corrected chi connectivity index (χ0v) is 20.5. The molecule has 8 heteroatoms. The number of hydrogen-bond donors (Lipinski definition) is 1. The summed E-state index contributed by atoms with van der Waals surface area (Å²) >= 11 is 0. The van der Waals surface area contributed by atoms with Gasteiger partial charge >= 0.3 is 5.97 Å². The van der Waals surface area contributed by atoms with Gasteiger partial charge in [0.25, 0.3) is 5.91 Å². The van der Waals surface area contributed by atoms with E-state index in [1.54, 1.807) is 49.6 Å². The number of esters is 1. The second kappa shape index (κ2) is 12.2. The van der Waals surface area contributed by atoms with Gasteiger partial charge in [0.1, 0.15) is 11.5 Å². The number of ether oxygens (including phenoxy) is 4. The molecule has 0 saturated heterocycles. The average Bonchev–Trinajstić information content (AvgIpc) is 2.93. The van der Waals surface area contributed by atoms with Crippen molar-refractivity contribution in [3.05, 3.63) is 96.1 Å². The normalized spacial score (nSPS) is 10.8. The molecule has 188 valence electrons. The van der Waals surface area contributed by atoms with Gasteiger partial charge in [-0.05, 0) is 66.4 Å². The lowest BCUT2D eigenvalue weighted by Gasteiger charge is -2.11. The van der Waals surface area contributed by atoms with E-state index in [9.17, 15) is 9.59 Å². The van der Waals surface area contributed by atoms with Crippen LogP contribution in [0.2, 0.25) is 0 Å². The molecule has 0 aliphatic rings. The summed E-state index contributed by atoms with van der Waals surface area (Å²) in [6.07, 6.45) is 1.47. The number of amides is 1. The quantitative estimate of drug-likeness (QED) is 0.143. The van der Waals surface area contributed by atoms with Gasteiger partial charge in [-0.1, -0.05) is 36.4 Å². The maximum Gasteiger partial charge on any atom is 0.343 e. The minimum atomic E-state index is -0.525. The van der Waals surface area contributed by atoms with Crippen molar-refractivity contribution in [2.24, 2.45) is 5.10 Å². The lowest BCUT2D eigenvalue weighted by molar-refractivity contribution is -0.123. The van der Waals surface area contributed by atoms with Crippen molar-refractivity contribution in [1.29, 1.82) is 0 Å². The first kappa shape index (κ1) is 25.2. The zero-order valence-electron chi connectivity index (χ0n) is 20.5. The Bertz CT molecular complexity index is 1410. The Labute approximate surface area is 214 Å². The number of methoxy groups -OCH3 is 1. The van der Waals surface area contributed by atoms with Crippen LogP contribution >= 0.6 is 0 Å². The van der Waals surface area contributed by atoms with E-state index in [1.165, 1.54) is 6.21 Å². The Morgan fingerprint density at radius 3 is 2.43 bits per heavy atom. The lowest BCUT2D eigenvalue weighted by atomic mass is 10.1. The molecule has 1 N–H and O–H groups in total. The van der Waals surface area contributed by atoms with Gasteiger partial charge in [0, 0.05) is 5.39 Å². The van der Waals surface area contributed by atoms with E-state index >= 15 is 0 Å². The molecule has 0 heterocycles. The van der Waals surface area contributed by atoms with Crippen molar-refractivity contribution in [3.63, 3.8) is 0 Å². The van der Waals surface area contributed by atoms with Crippen LogP contribution in [0.4, 0.5) is 0 Å². The van der Waals surface area contributed by atoms with Crippen LogP contribution in [-0.4, -0.2) is 38.4 Å². The van der Waals surface area contributed by atoms with Gasteiger partial charge in [-0.3, -0.25) is 4.79 Å². The molecule has 4 aromatic carbocycles. The Morgan fingerprint density at radius 1 is 0.865 bits per heavy atom. The third-order valence-corrected chi connectivity index (χ3v) is 5.31. The topological polar surface area (TPSA) is 95.5 Å². The van der Waals surface area contributed by atoms with Gasteiger partial charge in [-0.15, -0.1) is 0 Å². The number of hydrogen-bond acceptors (Lipinski definition) is 7. The fraction of sp³-hybridized carbons (Fsp3) is 0.138. The summed E-state index contributed by atoms with van der Waals surface area (Å²) in [6.45, 7) is 2.01. The number of rotatable bonds is 10. The fourth-order valence-electron chi connectivity index (χ4n) is 3.52. The Hall–Kier alpha value is -4.85. The number of nitrogens with one attached hydrogen (secondary N) is 1. The molecule has 4 aromatic rings. The van der Waals surface area contributed by atoms with Crippen LogP contribution in [0.3, 0.4) is 0 Å². The summed E-state index contributed by atoms with van der Waals surface area (Å²) < 4.78 is 21.9. The number of fused-ring (bicyclic) bond motifs is 1. The van der Waals surface area contributed by atoms with Gasteiger partial charge in [0.05, 0.1) is 25.5 Å². The molecule has 0 aromatic heterocycles. The molecule has 1 amide bonds. The molecule has 0 radical (unpaired) electrons. The zero-order chi connectivity index (χ0) is 26.0. The van der Waals surface area contributed by atoms with E-state index < -0.39 is 11.9 Å². The summed E-state index contributed by atoms with van der Waals surface area (Å²) in [6, 6.07) is 25.0. The molecule has 8 nitrogen and oxygen atoms in total. The highest BCUT2D eigenvalue weighted by atomic mass is 16.6. The van der Waals surface area contributed by atoms with E-state index in [0.717, 1.165) is 10.8 Å². The molecule has 0 atom stereocenters. The molecule has 0 aliphatic carbocycles. The van der Waals surface area contributed by atoms with Crippen molar-refractivity contribution in [1.82, 2.24) is 5.43 Å². The monoisotopic (exact) mass is 498 g/mol. The third kappa shape index (κ3) is 6.64. The van der Waals surface area contributed by atoms with Crippen molar-refractivity contribution in [2.75, 3.05) is 20.3 Å². The smallest absolute Gasteiger partial charge is 0.343 e. The van der Waals surface area contributed by atoms with Gasteiger partial charge in [0.2, 0.25) is 0 Å². The Balaban J connectivity index is 1.36. The molecule has 0 spiro atoms. The van der Waals surface area contributed by atoms with Gasteiger partial charge in [-0.2, -0.15) is 5.10 Å². The van der Waals surface area contributed by atoms with Crippen LogP contribution in [0, 0.1) is 0 Å². The summed E-state index contributed by atoms with van der Waals surface area (Å²) in [5.74, 6) is 0.981. The number of nitrogens with zero attached hydrogens (tertiary/aromatic N) is 1. The van der Waals surface area contributed by atoms with Crippen LogP contribution in [0.25, 0.3) is 10.8 Å². The van der Waals surface area contributed by atoms with E-state index in [2.05, 4.69) is 10.5 Å². The minimum Gasteiger partial charge on any atom is -0.497 e. The molecule has 0 fully saturated rings. The standard InChI is InChI=1S/C29H26N2O6/c1-3-35-27-17-20(11-16-26(27)37-29(33)22-12-14-23(34-2)15-13-22)18-30-31-28(32)19-36-25-10-6-8-21-7-4-5-9-24(21)25/h4-18H,3,19H2,1-2H3,(H,31,32)/b30-18+. The fourth-order valence-corrected chi connectivity index (χ4v) is 3.52. The maximum absolute atomic E-state index is 12.5. The van der Waals surface area contributed by atoms with Crippen molar-refractivity contribution in [2.45, 2.75) is 6.92 Å². The van der Waals surface area contributed by atoms with Crippen molar-refractivity contribution < 1.29 is 28.5 Å². The molecule has 37 heavy (non-hydrogen) atoms. The molecule has 0 bridgehead atoms. The average molecular weight is 499 g/mol. The molecule has 4 rings (SSSR count). The first-order valence-corrected chi connectivity index (χ1v) is 11.6. The molecule has 0 aliphatic heterocycles. The first-order chi connectivity index (χ1) is 18.1. The van der Waals surface area contributed by atoms with Gasteiger partial charge < -0.3 is 18.9 Å². The highest BCUT2D eigenvalue weighted by Crippen LogP contribution is 2.29. The highest BCUT2D eigenvalue weighted by molar-refractivity contribution is 5.92. The summed E-state index contributed by atoms with van der Waals surface area (Å²) in [7, 11) is 1.55. The summed E-state index contributed by atoms with van der Waals surface area (Å²) in [5.41, 5.74) is 3.47. The molecule has 0 saturated carbocycles. The third-order valence-electron chi connectivity index (χ3n) is 5.31. The predicted octanol–water partition coefficient (Wildman–Crippen LogP) is 5.00. The maximum atomic E-state index is 12.5. The Morgan fingerprint density at radius 2 is 1.65 bits per heavy atom. The van der Waals surface area contributed by atoms with E-state index in [1.807, 2.05) is 49.4 Å². The van der Waals surface area contributed by atoms with Gasteiger partial charge in [-0.25, -0.2) is 10.2 Å². The second-order valence-electron chi connectivity index (χ2n) is 7.82. The SMILES string of the molecule is CCOc1cc(/C=N/NC(=O)COc2cccc3ccccc23)ccc1OC(=O)c1ccc(OC)cc1. The number of benzene rings is 4. The first-order valence-electron chi connectivity index (χ1n) is 11.6. The van der Waals surface area contributed by atoms with E-state index in [4.69, 9.17) is 18.9 Å². The van der Waals surface area contributed by atoms with E-state index in [0.29, 0.717) is 35.0 Å². The Kier molecular flexibility index (Phi) is 8.33. The second-order valence-corrected chi connectivity index (χ2v) is 7.82. The lowest BCUT2D eigenvalue weighted by Crippen LogP contribution is -2.24. The van der Waals surface area contributed by atoms with Gasteiger partial charge in [0.15, 0.2) is 18.1 Å². The largest absolute Gasteiger partial charge is 0.497 e. The highest BCUT2D eigenvalue weighted by Gasteiger charge is 2.13. The predicted molar refractivity (Wildman–Crippen MR) is 141 cm³/mol.